The van der Waals surface area contributed by atoms with E-state index in [9.17, 15) is 0 Å². The summed E-state index contributed by atoms with van der Waals surface area (Å²) in [6.07, 6.45) is 2.82. The van der Waals surface area contributed by atoms with Crippen LogP contribution in [0.25, 0.3) is 0 Å². The summed E-state index contributed by atoms with van der Waals surface area (Å²) in [5, 5.41) is 3.98. The fourth-order valence-corrected chi connectivity index (χ4v) is 1.53. The van der Waals surface area contributed by atoms with Crippen LogP contribution in [0.3, 0.4) is 0 Å². The number of anilines is 1. The standard InChI is InChI=1S/C10H11BrClN/c1-2-3-7-13-9-6-4-5-8(12)10(9)11/h2,4-6,13H,1,3,7H2. The Kier molecular flexibility index (Phi) is 4.33. The maximum atomic E-state index is 5.92. The average molecular weight is 261 g/mol. The predicted octanol–water partition coefficient (Wildman–Crippen LogP) is 4.09. The van der Waals surface area contributed by atoms with Gasteiger partial charge in [-0.25, -0.2) is 0 Å². The molecule has 1 aromatic carbocycles. The smallest absolute Gasteiger partial charge is 0.0593 e. The van der Waals surface area contributed by atoms with Crippen LogP contribution in [0.15, 0.2) is 35.3 Å². The molecule has 0 unspecified atom stereocenters. The first-order valence-electron chi connectivity index (χ1n) is 4.04. The van der Waals surface area contributed by atoms with Crippen LogP contribution in [-0.4, -0.2) is 6.54 Å². The average Bonchev–Trinajstić information content (AvgIpc) is 2.13. The van der Waals surface area contributed by atoms with Gasteiger partial charge in [0.2, 0.25) is 0 Å². The van der Waals surface area contributed by atoms with Crippen molar-refractivity contribution in [3.63, 3.8) is 0 Å². The second-order valence-electron chi connectivity index (χ2n) is 2.61. The van der Waals surface area contributed by atoms with E-state index in [1.807, 2.05) is 24.3 Å². The molecule has 0 aliphatic carbocycles. The summed E-state index contributed by atoms with van der Waals surface area (Å²) >= 11 is 9.33. The Balaban J connectivity index is 2.65. The van der Waals surface area contributed by atoms with E-state index in [1.165, 1.54) is 0 Å². The van der Waals surface area contributed by atoms with Crippen molar-refractivity contribution in [3.05, 3.63) is 40.3 Å². The first-order valence-corrected chi connectivity index (χ1v) is 5.21. The van der Waals surface area contributed by atoms with Crippen LogP contribution in [0, 0.1) is 0 Å². The van der Waals surface area contributed by atoms with Crippen molar-refractivity contribution in [2.75, 3.05) is 11.9 Å². The van der Waals surface area contributed by atoms with Gasteiger partial charge >= 0.3 is 0 Å². The molecule has 0 saturated heterocycles. The van der Waals surface area contributed by atoms with Crippen LogP contribution in [0.1, 0.15) is 6.42 Å². The van der Waals surface area contributed by atoms with Crippen LogP contribution in [0.5, 0.6) is 0 Å². The molecule has 0 atom stereocenters. The van der Waals surface area contributed by atoms with E-state index in [0.717, 1.165) is 28.1 Å². The van der Waals surface area contributed by atoms with Crippen LogP contribution in [0.4, 0.5) is 5.69 Å². The molecule has 0 spiro atoms. The lowest BCUT2D eigenvalue weighted by Gasteiger charge is -2.07. The van der Waals surface area contributed by atoms with Crippen LogP contribution in [-0.2, 0) is 0 Å². The molecule has 0 aliphatic heterocycles. The third kappa shape index (κ3) is 3.05. The lowest BCUT2D eigenvalue weighted by molar-refractivity contribution is 1.07. The van der Waals surface area contributed by atoms with Gasteiger partial charge in [-0.05, 0) is 34.5 Å². The van der Waals surface area contributed by atoms with Crippen LogP contribution >= 0.6 is 27.5 Å². The summed E-state index contributed by atoms with van der Waals surface area (Å²) in [5.74, 6) is 0. The second kappa shape index (κ2) is 5.30. The van der Waals surface area contributed by atoms with E-state index in [-0.39, 0.29) is 0 Å². The molecule has 1 N–H and O–H groups in total. The normalized spacial score (nSPS) is 9.69. The highest BCUT2D eigenvalue weighted by Crippen LogP contribution is 2.29. The summed E-state index contributed by atoms with van der Waals surface area (Å²) in [4.78, 5) is 0. The van der Waals surface area contributed by atoms with Gasteiger partial charge in [0.05, 0.1) is 9.50 Å². The molecule has 1 nitrogen and oxygen atoms in total. The number of halogens is 2. The molecule has 1 rings (SSSR count). The SMILES string of the molecule is C=CCCNc1cccc(Cl)c1Br. The van der Waals surface area contributed by atoms with E-state index >= 15 is 0 Å². The summed E-state index contributed by atoms with van der Waals surface area (Å²) in [6.45, 7) is 4.53. The Hall–Kier alpha value is -0.470. The minimum atomic E-state index is 0.726. The Morgan fingerprint density at radius 2 is 2.31 bits per heavy atom. The van der Waals surface area contributed by atoms with Gasteiger partial charge in [0.25, 0.3) is 0 Å². The monoisotopic (exact) mass is 259 g/mol. The topological polar surface area (TPSA) is 12.0 Å². The molecule has 0 saturated carbocycles. The molecule has 70 valence electrons. The zero-order chi connectivity index (χ0) is 9.68. The van der Waals surface area contributed by atoms with Gasteiger partial charge in [0.1, 0.15) is 0 Å². The van der Waals surface area contributed by atoms with Gasteiger partial charge in [0, 0.05) is 12.2 Å². The molecule has 0 aromatic heterocycles. The first kappa shape index (κ1) is 10.6. The van der Waals surface area contributed by atoms with Gasteiger partial charge < -0.3 is 5.32 Å². The Morgan fingerprint density at radius 3 is 3.00 bits per heavy atom. The minimum Gasteiger partial charge on any atom is -0.384 e. The molecule has 0 aliphatic rings. The lowest BCUT2D eigenvalue weighted by atomic mass is 10.3. The zero-order valence-electron chi connectivity index (χ0n) is 7.19. The van der Waals surface area contributed by atoms with E-state index in [1.54, 1.807) is 0 Å². The molecule has 1 aromatic rings. The predicted molar refractivity (Wildman–Crippen MR) is 62.5 cm³/mol. The van der Waals surface area contributed by atoms with Crippen LogP contribution < -0.4 is 5.32 Å². The summed E-state index contributed by atoms with van der Waals surface area (Å²) in [6, 6.07) is 5.76. The van der Waals surface area contributed by atoms with Crippen molar-refractivity contribution >= 4 is 33.2 Å². The number of nitrogens with one attached hydrogen (secondary N) is 1. The zero-order valence-corrected chi connectivity index (χ0v) is 9.53. The third-order valence-electron chi connectivity index (χ3n) is 1.62. The van der Waals surface area contributed by atoms with Crippen molar-refractivity contribution in [3.8, 4) is 0 Å². The minimum absolute atomic E-state index is 0.726. The Labute approximate surface area is 91.9 Å². The number of hydrogen-bond donors (Lipinski definition) is 1. The van der Waals surface area contributed by atoms with Crippen molar-refractivity contribution in [2.24, 2.45) is 0 Å². The Morgan fingerprint density at radius 1 is 1.54 bits per heavy atom. The van der Waals surface area contributed by atoms with E-state index in [2.05, 4.69) is 27.8 Å². The van der Waals surface area contributed by atoms with Gasteiger partial charge in [0.15, 0.2) is 0 Å². The fraction of sp³-hybridized carbons (Fsp3) is 0.200. The molecule has 3 heteroatoms. The molecule has 0 heterocycles. The highest BCUT2D eigenvalue weighted by molar-refractivity contribution is 9.10. The van der Waals surface area contributed by atoms with E-state index < -0.39 is 0 Å². The van der Waals surface area contributed by atoms with Gasteiger partial charge in [-0.2, -0.15) is 0 Å². The largest absolute Gasteiger partial charge is 0.384 e. The van der Waals surface area contributed by atoms with Crippen molar-refractivity contribution < 1.29 is 0 Å². The van der Waals surface area contributed by atoms with E-state index in [0.29, 0.717) is 0 Å². The fourth-order valence-electron chi connectivity index (χ4n) is 0.949. The number of rotatable bonds is 4. The lowest BCUT2D eigenvalue weighted by Crippen LogP contribution is -2.00. The molecule has 0 radical (unpaired) electrons. The maximum Gasteiger partial charge on any atom is 0.0593 e. The molecule has 13 heavy (non-hydrogen) atoms. The molecule has 0 fully saturated rings. The van der Waals surface area contributed by atoms with Crippen molar-refractivity contribution in [1.29, 1.82) is 0 Å². The molecule has 0 amide bonds. The van der Waals surface area contributed by atoms with Gasteiger partial charge in [-0.15, -0.1) is 6.58 Å². The Bertz CT molecular complexity index is 299. The summed E-state index contributed by atoms with van der Waals surface area (Å²) < 4.78 is 0.917. The quantitative estimate of drug-likeness (QED) is 0.635. The summed E-state index contributed by atoms with van der Waals surface area (Å²) in [7, 11) is 0. The first-order chi connectivity index (χ1) is 6.25. The molecular formula is C10H11BrClN. The highest BCUT2D eigenvalue weighted by Gasteiger charge is 2.01. The van der Waals surface area contributed by atoms with Crippen molar-refractivity contribution in [2.45, 2.75) is 6.42 Å². The van der Waals surface area contributed by atoms with Crippen molar-refractivity contribution in [1.82, 2.24) is 0 Å². The number of benzene rings is 1. The summed E-state index contributed by atoms with van der Waals surface area (Å²) in [5.41, 5.74) is 1.02. The van der Waals surface area contributed by atoms with Gasteiger partial charge in [-0.3, -0.25) is 0 Å². The molecule has 0 bridgehead atoms. The maximum absolute atomic E-state index is 5.92. The number of hydrogen-bond acceptors (Lipinski definition) is 1. The highest BCUT2D eigenvalue weighted by atomic mass is 79.9. The van der Waals surface area contributed by atoms with Crippen LogP contribution in [0.2, 0.25) is 5.02 Å². The van der Waals surface area contributed by atoms with E-state index in [4.69, 9.17) is 11.6 Å². The van der Waals surface area contributed by atoms with Gasteiger partial charge in [-0.1, -0.05) is 23.7 Å². The third-order valence-corrected chi connectivity index (χ3v) is 3.01. The molecular weight excluding hydrogens is 249 g/mol. The second-order valence-corrected chi connectivity index (χ2v) is 3.81.